The molecule has 3 N–H and O–H groups in total. The van der Waals surface area contributed by atoms with Crippen molar-refractivity contribution >= 4 is 28.2 Å². The van der Waals surface area contributed by atoms with Gasteiger partial charge in [-0.25, -0.2) is 0 Å². The maximum absolute atomic E-state index is 12.3. The molecule has 28 heavy (non-hydrogen) atoms. The van der Waals surface area contributed by atoms with Gasteiger partial charge in [-0.1, -0.05) is 32.9 Å². The second-order valence-corrected chi connectivity index (χ2v) is 9.31. The van der Waals surface area contributed by atoms with Crippen LogP contribution in [0.3, 0.4) is 0 Å². The van der Waals surface area contributed by atoms with Gasteiger partial charge in [-0.2, -0.15) is 0 Å². The van der Waals surface area contributed by atoms with Gasteiger partial charge in [0.15, 0.2) is 0 Å². The molecule has 2 amide bonds. The van der Waals surface area contributed by atoms with Crippen molar-refractivity contribution in [3.05, 3.63) is 45.8 Å². The van der Waals surface area contributed by atoms with Gasteiger partial charge in [0.2, 0.25) is 5.91 Å². The summed E-state index contributed by atoms with van der Waals surface area (Å²) >= 11 is 1.48. The minimum absolute atomic E-state index is 0.113. The molecule has 1 aromatic heterocycles. The number of rotatable bonds is 7. The Hall–Kier alpha value is -2.34. The fourth-order valence-corrected chi connectivity index (χ4v) is 4.73. The summed E-state index contributed by atoms with van der Waals surface area (Å²) in [7, 11) is 0. The second-order valence-electron chi connectivity index (χ2n) is 8.20. The summed E-state index contributed by atoms with van der Waals surface area (Å²) in [6.07, 6.45) is 3.80. The van der Waals surface area contributed by atoms with Crippen LogP contribution in [0.2, 0.25) is 0 Å². The van der Waals surface area contributed by atoms with Crippen molar-refractivity contribution in [2.45, 2.75) is 58.3 Å². The molecule has 3 rings (SSSR count). The summed E-state index contributed by atoms with van der Waals surface area (Å²) in [5.41, 5.74) is 8.42. The lowest BCUT2D eigenvalue weighted by molar-refractivity contribution is -0.116. The zero-order chi connectivity index (χ0) is 20.3. The molecule has 1 aromatic carbocycles. The molecule has 150 valence electrons. The molecule has 0 radical (unpaired) electrons. The Morgan fingerprint density at radius 3 is 2.54 bits per heavy atom. The highest BCUT2D eigenvalue weighted by atomic mass is 32.1. The van der Waals surface area contributed by atoms with Crippen LogP contribution < -0.4 is 15.8 Å². The number of nitrogens with two attached hydrogens (primary N) is 1. The van der Waals surface area contributed by atoms with Gasteiger partial charge in [0.25, 0.3) is 5.91 Å². The standard InChI is InChI=1S/C22H28N2O3S/c1-22(2,3)14-9-11-15(12-10-14)27-13-5-8-18(25)24-21-19(20(23)26)16-6-4-7-17(16)28-21/h9-12H,4-8,13H2,1-3H3,(H2,23,26)(H,24,25). The number of carbonyl (C=O) groups excluding carboxylic acids is 2. The van der Waals surface area contributed by atoms with Gasteiger partial charge in [-0.3, -0.25) is 9.59 Å². The number of anilines is 1. The summed E-state index contributed by atoms with van der Waals surface area (Å²) in [6.45, 7) is 6.99. The van der Waals surface area contributed by atoms with Crippen molar-refractivity contribution < 1.29 is 14.3 Å². The zero-order valence-electron chi connectivity index (χ0n) is 16.8. The van der Waals surface area contributed by atoms with Crippen molar-refractivity contribution in [2.75, 3.05) is 11.9 Å². The molecule has 1 aliphatic carbocycles. The predicted octanol–water partition coefficient (Wildman–Crippen LogP) is 4.43. The molecule has 0 atom stereocenters. The number of ether oxygens (including phenoxy) is 1. The van der Waals surface area contributed by atoms with Crippen molar-refractivity contribution in [2.24, 2.45) is 5.73 Å². The first-order valence-corrected chi connectivity index (χ1v) is 10.5. The average molecular weight is 401 g/mol. The number of hydrogen-bond donors (Lipinski definition) is 2. The van der Waals surface area contributed by atoms with E-state index >= 15 is 0 Å². The van der Waals surface area contributed by atoms with E-state index in [1.807, 2.05) is 12.1 Å². The monoisotopic (exact) mass is 400 g/mol. The van der Waals surface area contributed by atoms with Crippen LogP contribution in [0.15, 0.2) is 24.3 Å². The van der Waals surface area contributed by atoms with Crippen molar-refractivity contribution in [3.8, 4) is 5.75 Å². The third-order valence-corrected chi connectivity index (χ3v) is 6.17. The van der Waals surface area contributed by atoms with Crippen LogP contribution in [0.4, 0.5) is 5.00 Å². The van der Waals surface area contributed by atoms with Gasteiger partial charge in [0, 0.05) is 11.3 Å². The van der Waals surface area contributed by atoms with E-state index in [-0.39, 0.29) is 11.3 Å². The van der Waals surface area contributed by atoms with Crippen LogP contribution in [0.5, 0.6) is 5.75 Å². The minimum Gasteiger partial charge on any atom is -0.494 e. The molecule has 6 heteroatoms. The first-order valence-electron chi connectivity index (χ1n) is 9.73. The quantitative estimate of drug-likeness (QED) is 0.675. The van der Waals surface area contributed by atoms with Gasteiger partial charge in [0.1, 0.15) is 10.8 Å². The van der Waals surface area contributed by atoms with Crippen molar-refractivity contribution in [1.29, 1.82) is 0 Å². The van der Waals surface area contributed by atoms with E-state index < -0.39 is 5.91 Å². The molecule has 2 aromatic rings. The van der Waals surface area contributed by atoms with Gasteiger partial charge in [-0.05, 0) is 54.4 Å². The van der Waals surface area contributed by atoms with Gasteiger partial charge in [0.05, 0.1) is 12.2 Å². The van der Waals surface area contributed by atoms with Crippen LogP contribution >= 0.6 is 11.3 Å². The SMILES string of the molecule is CC(C)(C)c1ccc(OCCCC(=O)Nc2sc3c(c2C(N)=O)CCC3)cc1. The van der Waals surface area contributed by atoms with E-state index in [2.05, 4.69) is 38.2 Å². The number of primary amides is 1. The van der Waals surface area contributed by atoms with Gasteiger partial charge >= 0.3 is 0 Å². The third kappa shape index (κ3) is 4.73. The molecule has 1 aliphatic rings. The Morgan fingerprint density at radius 2 is 1.89 bits per heavy atom. The Kier molecular flexibility index (Phi) is 6.08. The van der Waals surface area contributed by atoms with Crippen LogP contribution in [0.1, 0.15) is 66.4 Å². The molecule has 0 aliphatic heterocycles. The number of amides is 2. The lowest BCUT2D eigenvalue weighted by atomic mass is 9.87. The summed E-state index contributed by atoms with van der Waals surface area (Å²) < 4.78 is 5.73. The van der Waals surface area contributed by atoms with Crippen LogP contribution in [0, 0.1) is 0 Å². The lowest BCUT2D eigenvalue weighted by Gasteiger charge is -2.19. The topological polar surface area (TPSA) is 81.4 Å². The highest BCUT2D eigenvalue weighted by Gasteiger charge is 2.26. The van der Waals surface area contributed by atoms with E-state index in [0.29, 0.717) is 30.0 Å². The number of nitrogens with one attached hydrogen (secondary N) is 1. The maximum atomic E-state index is 12.3. The molecule has 0 saturated heterocycles. The summed E-state index contributed by atoms with van der Waals surface area (Å²) in [4.78, 5) is 25.2. The number of fused-ring (bicyclic) bond motifs is 1. The normalized spacial score (nSPS) is 13.2. The Labute approximate surface area is 170 Å². The zero-order valence-corrected chi connectivity index (χ0v) is 17.6. The van der Waals surface area contributed by atoms with Crippen molar-refractivity contribution in [3.63, 3.8) is 0 Å². The molecular weight excluding hydrogens is 372 g/mol. The molecule has 0 spiro atoms. The smallest absolute Gasteiger partial charge is 0.251 e. The first kappa shape index (κ1) is 20.4. The highest BCUT2D eigenvalue weighted by molar-refractivity contribution is 7.17. The average Bonchev–Trinajstić information content (AvgIpc) is 3.18. The maximum Gasteiger partial charge on any atom is 0.251 e. The third-order valence-electron chi connectivity index (χ3n) is 4.96. The van der Waals surface area contributed by atoms with E-state index in [0.717, 1.165) is 30.6 Å². The molecule has 5 nitrogen and oxygen atoms in total. The van der Waals surface area contributed by atoms with Gasteiger partial charge < -0.3 is 15.8 Å². The van der Waals surface area contributed by atoms with Crippen LogP contribution in [0.25, 0.3) is 0 Å². The Balaban J connectivity index is 1.47. The lowest BCUT2D eigenvalue weighted by Crippen LogP contribution is -2.18. The number of hydrogen-bond acceptors (Lipinski definition) is 4. The Bertz CT molecular complexity index is 863. The minimum atomic E-state index is -0.461. The fourth-order valence-electron chi connectivity index (χ4n) is 3.42. The van der Waals surface area contributed by atoms with Gasteiger partial charge in [-0.15, -0.1) is 11.3 Å². The molecular formula is C22H28N2O3S. The second kappa shape index (κ2) is 8.35. The molecule has 1 heterocycles. The molecule has 0 bridgehead atoms. The number of benzene rings is 1. The fraction of sp³-hybridized carbons (Fsp3) is 0.455. The van der Waals surface area contributed by atoms with E-state index in [1.165, 1.54) is 21.8 Å². The first-order chi connectivity index (χ1) is 13.3. The largest absolute Gasteiger partial charge is 0.494 e. The van der Waals surface area contributed by atoms with Crippen molar-refractivity contribution in [1.82, 2.24) is 0 Å². The summed E-state index contributed by atoms with van der Waals surface area (Å²) in [5.74, 6) is 0.227. The number of thiophene rings is 1. The van der Waals surface area contributed by atoms with Crippen LogP contribution in [-0.4, -0.2) is 18.4 Å². The highest BCUT2D eigenvalue weighted by Crippen LogP contribution is 2.38. The molecule has 0 fully saturated rings. The van der Waals surface area contributed by atoms with E-state index in [4.69, 9.17) is 10.5 Å². The summed E-state index contributed by atoms with van der Waals surface area (Å²) in [6, 6.07) is 8.08. The predicted molar refractivity (Wildman–Crippen MR) is 113 cm³/mol. The Morgan fingerprint density at radius 1 is 1.18 bits per heavy atom. The number of aryl methyl sites for hydroxylation is 1. The van der Waals surface area contributed by atoms with E-state index in [1.54, 1.807) is 0 Å². The van der Waals surface area contributed by atoms with Crippen LogP contribution in [-0.2, 0) is 23.1 Å². The summed E-state index contributed by atoms with van der Waals surface area (Å²) in [5, 5.41) is 3.47. The van der Waals surface area contributed by atoms with E-state index in [9.17, 15) is 9.59 Å². The molecule has 0 saturated carbocycles. The number of carbonyl (C=O) groups is 2. The molecule has 0 unspecified atom stereocenters.